The number of fused-ring (bicyclic) bond motifs is 1. The smallest absolute Gasteiger partial charge is 0.313 e. The minimum absolute atomic E-state index is 0.204. The van der Waals surface area contributed by atoms with Gasteiger partial charge in [-0.05, 0) is 17.7 Å². The number of carboxylic acid groups (broad SMARTS) is 1. The number of methoxy groups -OCH3 is 1. The monoisotopic (exact) mass is 424 g/mol. The molecule has 0 saturated heterocycles. The van der Waals surface area contributed by atoms with Crippen LogP contribution >= 0.6 is 23.1 Å². The standard InChI is InChI=1S/C21H16N2O4S2/c1-27-16-10-6-5-9-15(16)23-20(26)18-14(13-7-3-2-4-8-13)11-28-19(18)22-21(23)29-12-17(24)25/h2-11H,12H2,1H3,(H,24,25). The highest BCUT2D eigenvalue weighted by Crippen LogP contribution is 2.34. The summed E-state index contributed by atoms with van der Waals surface area (Å²) < 4.78 is 6.87. The number of aliphatic carboxylic acids is 1. The quantitative estimate of drug-likeness (QED) is 0.367. The molecule has 2 aromatic heterocycles. The number of nitrogens with zero attached hydrogens (tertiary/aromatic N) is 2. The number of hydrogen-bond donors (Lipinski definition) is 1. The zero-order valence-corrected chi connectivity index (χ0v) is 17.0. The Kier molecular flexibility index (Phi) is 5.37. The normalized spacial score (nSPS) is 10.9. The van der Waals surface area contributed by atoms with E-state index in [1.54, 1.807) is 18.2 Å². The van der Waals surface area contributed by atoms with Gasteiger partial charge in [-0.2, -0.15) is 0 Å². The van der Waals surface area contributed by atoms with Gasteiger partial charge in [-0.1, -0.05) is 54.2 Å². The molecule has 0 aliphatic carbocycles. The van der Waals surface area contributed by atoms with Crippen LogP contribution in [0.25, 0.3) is 27.0 Å². The van der Waals surface area contributed by atoms with Gasteiger partial charge in [0.25, 0.3) is 5.56 Å². The number of aromatic nitrogens is 2. The van der Waals surface area contributed by atoms with Crippen LogP contribution < -0.4 is 10.3 Å². The van der Waals surface area contributed by atoms with Crippen LogP contribution in [0.5, 0.6) is 5.75 Å². The van der Waals surface area contributed by atoms with Gasteiger partial charge in [0.2, 0.25) is 0 Å². The Hall–Kier alpha value is -3.10. The van der Waals surface area contributed by atoms with Crippen molar-refractivity contribution in [3.63, 3.8) is 0 Å². The molecule has 0 aliphatic rings. The van der Waals surface area contributed by atoms with Gasteiger partial charge in [-0.3, -0.25) is 14.2 Å². The fraction of sp³-hybridized carbons (Fsp3) is 0.0952. The average molecular weight is 425 g/mol. The molecule has 0 atom stereocenters. The Labute approximate surface area is 174 Å². The van der Waals surface area contributed by atoms with E-state index in [0.29, 0.717) is 26.8 Å². The third kappa shape index (κ3) is 3.64. The zero-order chi connectivity index (χ0) is 20.4. The summed E-state index contributed by atoms with van der Waals surface area (Å²) in [5.41, 5.74) is 2.00. The summed E-state index contributed by atoms with van der Waals surface area (Å²) in [5, 5.41) is 11.8. The number of benzene rings is 2. The van der Waals surface area contributed by atoms with Crippen LogP contribution in [0, 0.1) is 0 Å². The SMILES string of the molecule is COc1ccccc1-n1c(SCC(=O)O)nc2scc(-c3ccccc3)c2c1=O. The lowest BCUT2D eigenvalue weighted by Crippen LogP contribution is -2.22. The molecule has 0 fully saturated rings. The van der Waals surface area contributed by atoms with Crippen molar-refractivity contribution in [1.29, 1.82) is 0 Å². The number of thioether (sulfide) groups is 1. The number of rotatable bonds is 6. The van der Waals surface area contributed by atoms with Gasteiger partial charge in [-0.15, -0.1) is 11.3 Å². The van der Waals surface area contributed by atoms with Crippen molar-refractivity contribution in [2.24, 2.45) is 0 Å². The Bertz CT molecular complexity index is 1250. The molecule has 4 aromatic rings. The zero-order valence-electron chi connectivity index (χ0n) is 15.4. The van der Waals surface area contributed by atoms with Crippen LogP contribution in [0.2, 0.25) is 0 Å². The molecule has 0 bridgehead atoms. The van der Waals surface area contributed by atoms with E-state index in [4.69, 9.17) is 9.84 Å². The molecule has 8 heteroatoms. The maximum absolute atomic E-state index is 13.6. The first-order chi connectivity index (χ1) is 14.1. The van der Waals surface area contributed by atoms with E-state index in [9.17, 15) is 9.59 Å². The number of thiophene rings is 1. The Balaban J connectivity index is 2.02. The second-order valence-corrected chi connectivity index (χ2v) is 7.89. The molecule has 2 heterocycles. The maximum atomic E-state index is 13.6. The van der Waals surface area contributed by atoms with E-state index >= 15 is 0 Å². The largest absolute Gasteiger partial charge is 0.495 e. The summed E-state index contributed by atoms with van der Waals surface area (Å²) in [4.78, 5) is 30.0. The highest BCUT2D eigenvalue weighted by Gasteiger charge is 2.20. The molecule has 0 amide bonds. The molecule has 0 saturated carbocycles. The summed E-state index contributed by atoms with van der Waals surface area (Å²) in [6.45, 7) is 0. The minimum Gasteiger partial charge on any atom is -0.495 e. The van der Waals surface area contributed by atoms with E-state index in [1.165, 1.54) is 23.0 Å². The summed E-state index contributed by atoms with van der Waals surface area (Å²) in [6.07, 6.45) is 0. The number of carboxylic acids is 1. The first-order valence-electron chi connectivity index (χ1n) is 8.68. The van der Waals surface area contributed by atoms with Gasteiger partial charge in [0, 0.05) is 10.9 Å². The van der Waals surface area contributed by atoms with Gasteiger partial charge in [0.05, 0.1) is 23.9 Å². The highest BCUT2D eigenvalue weighted by molar-refractivity contribution is 7.99. The topological polar surface area (TPSA) is 81.4 Å². The van der Waals surface area contributed by atoms with Crippen LogP contribution in [0.4, 0.5) is 0 Å². The number of ether oxygens (including phenoxy) is 1. The molecule has 6 nitrogen and oxygen atoms in total. The Morgan fingerprint density at radius 3 is 2.62 bits per heavy atom. The molecular formula is C21H16N2O4S2. The van der Waals surface area contributed by atoms with Gasteiger partial charge in [0.1, 0.15) is 10.6 Å². The van der Waals surface area contributed by atoms with Gasteiger partial charge < -0.3 is 9.84 Å². The van der Waals surface area contributed by atoms with Gasteiger partial charge in [-0.25, -0.2) is 4.98 Å². The van der Waals surface area contributed by atoms with Crippen molar-refractivity contribution >= 4 is 39.3 Å². The van der Waals surface area contributed by atoms with Crippen LogP contribution in [-0.2, 0) is 4.79 Å². The summed E-state index contributed by atoms with van der Waals surface area (Å²) >= 11 is 2.38. The molecule has 2 aromatic carbocycles. The van der Waals surface area contributed by atoms with Gasteiger partial charge in [0.15, 0.2) is 5.16 Å². The molecule has 4 rings (SSSR count). The van der Waals surface area contributed by atoms with Crippen molar-refractivity contribution in [2.45, 2.75) is 5.16 Å². The van der Waals surface area contributed by atoms with Crippen LogP contribution in [0.15, 0.2) is 69.9 Å². The first kappa shape index (κ1) is 19.2. The fourth-order valence-electron chi connectivity index (χ4n) is 3.05. The average Bonchev–Trinajstić information content (AvgIpc) is 3.17. The van der Waals surface area contributed by atoms with Gasteiger partial charge >= 0.3 is 5.97 Å². The summed E-state index contributed by atoms with van der Waals surface area (Å²) in [5.74, 6) is -0.680. The van der Waals surface area contributed by atoms with Crippen molar-refractivity contribution in [2.75, 3.05) is 12.9 Å². The lowest BCUT2D eigenvalue weighted by molar-refractivity contribution is -0.133. The van der Waals surface area contributed by atoms with E-state index in [2.05, 4.69) is 4.98 Å². The van der Waals surface area contributed by atoms with Crippen LogP contribution in [-0.4, -0.2) is 33.5 Å². The molecular weight excluding hydrogens is 408 g/mol. The third-order valence-corrected chi connectivity index (χ3v) is 6.11. The van der Waals surface area contributed by atoms with E-state index in [0.717, 1.165) is 22.9 Å². The molecule has 1 N–H and O–H groups in total. The molecule has 0 unspecified atom stereocenters. The second-order valence-electron chi connectivity index (χ2n) is 6.08. The third-order valence-electron chi connectivity index (χ3n) is 4.31. The predicted molar refractivity (Wildman–Crippen MR) is 116 cm³/mol. The first-order valence-corrected chi connectivity index (χ1v) is 10.5. The fourth-order valence-corrected chi connectivity index (χ4v) is 4.77. The lowest BCUT2D eigenvalue weighted by Gasteiger charge is -2.14. The minimum atomic E-state index is -0.980. The number of carbonyl (C=O) groups is 1. The summed E-state index contributed by atoms with van der Waals surface area (Å²) in [7, 11) is 1.53. The number of para-hydroxylation sites is 2. The highest BCUT2D eigenvalue weighted by atomic mass is 32.2. The van der Waals surface area contributed by atoms with Crippen molar-refractivity contribution < 1.29 is 14.6 Å². The molecule has 0 radical (unpaired) electrons. The number of hydrogen-bond acceptors (Lipinski definition) is 6. The van der Waals surface area contributed by atoms with Crippen molar-refractivity contribution in [1.82, 2.24) is 9.55 Å². The molecule has 146 valence electrons. The Morgan fingerprint density at radius 1 is 1.17 bits per heavy atom. The molecule has 0 aliphatic heterocycles. The second kappa shape index (κ2) is 8.10. The van der Waals surface area contributed by atoms with Crippen LogP contribution in [0.3, 0.4) is 0 Å². The van der Waals surface area contributed by atoms with Crippen molar-refractivity contribution in [3.05, 3.63) is 70.3 Å². The van der Waals surface area contributed by atoms with E-state index in [1.807, 2.05) is 41.8 Å². The van der Waals surface area contributed by atoms with E-state index in [-0.39, 0.29) is 11.3 Å². The predicted octanol–water partition coefficient (Wildman–Crippen LogP) is 4.30. The summed E-state index contributed by atoms with van der Waals surface area (Å²) in [6, 6.07) is 16.8. The van der Waals surface area contributed by atoms with Crippen LogP contribution in [0.1, 0.15) is 0 Å². The maximum Gasteiger partial charge on any atom is 0.313 e. The van der Waals surface area contributed by atoms with Crippen molar-refractivity contribution in [3.8, 4) is 22.6 Å². The Morgan fingerprint density at radius 2 is 1.90 bits per heavy atom. The molecule has 0 spiro atoms. The lowest BCUT2D eigenvalue weighted by atomic mass is 10.1. The van der Waals surface area contributed by atoms with E-state index < -0.39 is 5.97 Å². The molecule has 29 heavy (non-hydrogen) atoms.